The summed E-state index contributed by atoms with van der Waals surface area (Å²) in [7, 11) is 1.53. The van der Waals surface area contributed by atoms with Crippen molar-refractivity contribution in [1.29, 1.82) is 0 Å². The second-order valence-corrected chi connectivity index (χ2v) is 4.12. The average molecular weight is 203 g/mol. The molecule has 0 N–H and O–H groups in total. The van der Waals surface area contributed by atoms with Gasteiger partial charge < -0.3 is 9.64 Å². The van der Waals surface area contributed by atoms with Crippen LogP contribution in [0.5, 0.6) is 0 Å². The Bertz CT molecular complexity index is 230. The van der Waals surface area contributed by atoms with E-state index in [0.717, 1.165) is 6.42 Å². The average Bonchev–Trinajstić information content (AvgIpc) is 2.43. The molecule has 82 valence electrons. The molecule has 3 nitrogen and oxygen atoms in total. The van der Waals surface area contributed by atoms with Gasteiger partial charge >= 0.3 is 0 Å². The van der Waals surface area contributed by atoms with E-state index in [1.54, 1.807) is 13.8 Å². The molecule has 1 aliphatic rings. The third-order valence-electron chi connectivity index (χ3n) is 2.90. The molecule has 1 amide bonds. The van der Waals surface area contributed by atoms with Gasteiger partial charge in [-0.05, 0) is 20.3 Å². The van der Waals surface area contributed by atoms with Crippen molar-refractivity contribution in [1.82, 2.24) is 4.90 Å². The molecule has 0 aromatic heterocycles. The van der Waals surface area contributed by atoms with Crippen LogP contribution in [0, 0.1) is 0 Å². The lowest BCUT2D eigenvalue weighted by molar-refractivity contribution is -0.161. The Morgan fingerprint density at radius 1 is 1.64 bits per heavy atom. The van der Waals surface area contributed by atoms with E-state index in [0.29, 0.717) is 6.42 Å². The summed E-state index contributed by atoms with van der Waals surface area (Å²) in [5, 5.41) is 0. The lowest BCUT2D eigenvalue weighted by Gasteiger charge is -2.38. The molecule has 0 aliphatic carbocycles. The van der Waals surface area contributed by atoms with E-state index >= 15 is 0 Å². The number of hydrogen-bond donors (Lipinski definition) is 0. The number of likely N-dealkylation sites (tertiary alicyclic amines) is 1. The number of alkyl halides is 1. The van der Waals surface area contributed by atoms with Crippen LogP contribution in [0.15, 0.2) is 0 Å². The maximum absolute atomic E-state index is 13.2. The Balaban J connectivity index is 2.89. The van der Waals surface area contributed by atoms with Gasteiger partial charge in [0.05, 0.1) is 0 Å². The molecule has 14 heavy (non-hydrogen) atoms. The van der Waals surface area contributed by atoms with Crippen LogP contribution in [0.3, 0.4) is 0 Å². The van der Waals surface area contributed by atoms with Gasteiger partial charge in [0.1, 0.15) is 5.72 Å². The van der Waals surface area contributed by atoms with Crippen LogP contribution in [0.4, 0.5) is 4.39 Å². The maximum Gasteiger partial charge on any atom is 0.259 e. The Hall–Kier alpha value is -0.640. The minimum Gasteiger partial charge on any atom is -0.359 e. The molecular formula is C10H18FNO2. The highest BCUT2D eigenvalue weighted by molar-refractivity contribution is 5.84. The van der Waals surface area contributed by atoms with Crippen molar-refractivity contribution >= 4 is 5.91 Å². The van der Waals surface area contributed by atoms with Crippen LogP contribution >= 0.6 is 0 Å². The van der Waals surface area contributed by atoms with Crippen molar-refractivity contribution in [2.45, 2.75) is 51.6 Å². The first kappa shape index (κ1) is 11.4. The van der Waals surface area contributed by atoms with Gasteiger partial charge in [-0.1, -0.05) is 6.92 Å². The van der Waals surface area contributed by atoms with Gasteiger partial charge in [0, 0.05) is 19.6 Å². The normalized spacial score (nSPS) is 28.6. The second-order valence-electron chi connectivity index (χ2n) is 4.12. The Labute approximate surface area is 84.2 Å². The molecule has 4 heteroatoms. The Morgan fingerprint density at radius 2 is 2.21 bits per heavy atom. The predicted octanol–water partition coefficient (Wildman–Crippen LogP) is 1.72. The quantitative estimate of drug-likeness (QED) is 0.699. The number of carbonyl (C=O) groups is 1. The molecule has 0 radical (unpaired) electrons. The largest absolute Gasteiger partial charge is 0.359 e. The molecular weight excluding hydrogens is 185 g/mol. The van der Waals surface area contributed by atoms with Crippen LogP contribution in [0.1, 0.15) is 33.6 Å². The number of halogens is 1. The Morgan fingerprint density at radius 3 is 2.64 bits per heavy atom. The van der Waals surface area contributed by atoms with Crippen molar-refractivity contribution in [2.75, 3.05) is 7.11 Å². The molecule has 0 bridgehead atoms. The summed E-state index contributed by atoms with van der Waals surface area (Å²) in [6, 6.07) is -0.0348. The van der Waals surface area contributed by atoms with E-state index in [1.165, 1.54) is 12.0 Å². The van der Waals surface area contributed by atoms with Crippen LogP contribution in [-0.4, -0.2) is 35.9 Å². The van der Waals surface area contributed by atoms with Gasteiger partial charge in [0.15, 0.2) is 6.17 Å². The summed E-state index contributed by atoms with van der Waals surface area (Å²) in [5.41, 5.74) is -0.710. The minimum absolute atomic E-state index is 0.0348. The number of rotatable bonds is 3. The van der Waals surface area contributed by atoms with Gasteiger partial charge in [-0.3, -0.25) is 4.79 Å². The molecule has 0 saturated carbocycles. The number of amides is 1. The number of carbonyl (C=O) groups excluding carboxylic acids is 1. The highest BCUT2D eigenvalue weighted by atomic mass is 19.1. The first-order valence-electron chi connectivity index (χ1n) is 4.96. The lowest BCUT2D eigenvalue weighted by Crippen LogP contribution is -2.50. The highest BCUT2D eigenvalue weighted by Gasteiger charge is 2.45. The summed E-state index contributed by atoms with van der Waals surface area (Å²) < 4.78 is 18.4. The fraction of sp³-hybridized carbons (Fsp3) is 0.900. The molecule has 1 saturated heterocycles. The van der Waals surface area contributed by atoms with Crippen molar-refractivity contribution in [3.63, 3.8) is 0 Å². The molecule has 2 atom stereocenters. The van der Waals surface area contributed by atoms with Crippen molar-refractivity contribution in [3.8, 4) is 0 Å². The molecule has 1 aliphatic heterocycles. The third kappa shape index (κ3) is 1.75. The van der Waals surface area contributed by atoms with Gasteiger partial charge in [0.25, 0.3) is 5.91 Å². The molecule has 0 aromatic carbocycles. The van der Waals surface area contributed by atoms with Crippen LogP contribution in [0.2, 0.25) is 0 Å². The number of hydrogen-bond acceptors (Lipinski definition) is 2. The zero-order valence-electron chi connectivity index (χ0n) is 9.21. The zero-order valence-corrected chi connectivity index (χ0v) is 9.21. The number of ether oxygens (including phenoxy) is 1. The van der Waals surface area contributed by atoms with E-state index in [9.17, 15) is 9.18 Å². The minimum atomic E-state index is -1.35. The van der Waals surface area contributed by atoms with E-state index in [2.05, 4.69) is 0 Å². The van der Waals surface area contributed by atoms with Gasteiger partial charge in [-0.2, -0.15) is 0 Å². The van der Waals surface area contributed by atoms with Crippen molar-refractivity contribution < 1.29 is 13.9 Å². The third-order valence-corrected chi connectivity index (χ3v) is 2.90. The summed E-state index contributed by atoms with van der Waals surface area (Å²) in [6.45, 7) is 5.52. The van der Waals surface area contributed by atoms with Crippen LogP contribution < -0.4 is 0 Å². The first-order valence-corrected chi connectivity index (χ1v) is 4.96. The molecule has 0 aromatic rings. The molecule has 1 heterocycles. The molecule has 0 spiro atoms. The van der Waals surface area contributed by atoms with Gasteiger partial charge in [-0.25, -0.2) is 4.39 Å². The fourth-order valence-electron chi connectivity index (χ4n) is 1.93. The number of methoxy groups -OCH3 is 1. The fourth-order valence-corrected chi connectivity index (χ4v) is 1.93. The van der Waals surface area contributed by atoms with E-state index in [-0.39, 0.29) is 6.04 Å². The van der Waals surface area contributed by atoms with Crippen LogP contribution in [0.25, 0.3) is 0 Å². The van der Waals surface area contributed by atoms with Crippen LogP contribution in [-0.2, 0) is 9.53 Å². The Kier molecular flexibility index (Phi) is 3.14. The summed E-state index contributed by atoms with van der Waals surface area (Å²) in [5.74, 6) is -0.441. The van der Waals surface area contributed by atoms with Crippen molar-refractivity contribution in [2.24, 2.45) is 0 Å². The highest BCUT2D eigenvalue weighted by Crippen LogP contribution is 2.31. The molecule has 2 unspecified atom stereocenters. The number of nitrogens with zero attached hydrogens (tertiary/aromatic N) is 1. The SMILES string of the molecule is CCC1CC(F)C(=O)N1C(C)(C)OC. The standard InChI is InChI=1S/C10H18FNO2/c1-5-7-6-8(11)9(13)12(7)10(2,3)14-4/h7-8H,5-6H2,1-4H3. The van der Waals surface area contributed by atoms with E-state index in [4.69, 9.17) is 4.74 Å². The van der Waals surface area contributed by atoms with Crippen molar-refractivity contribution in [3.05, 3.63) is 0 Å². The first-order chi connectivity index (χ1) is 6.44. The zero-order chi connectivity index (χ0) is 10.9. The summed E-state index contributed by atoms with van der Waals surface area (Å²) >= 11 is 0. The second kappa shape index (κ2) is 3.85. The van der Waals surface area contributed by atoms with E-state index < -0.39 is 17.8 Å². The monoisotopic (exact) mass is 203 g/mol. The van der Waals surface area contributed by atoms with Gasteiger partial charge in [0.2, 0.25) is 0 Å². The van der Waals surface area contributed by atoms with E-state index in [1.807, 2.05) is 6.92 Å². The smallest absolute Gasteiger partial charge is 0.259 e. The topological polar surface area (TPSA) is 29.5 Å². The summed E-state index contributed by atoms with van der Waals surface area (Å²) in [6.07, 6.45) is -0.296. The maximum atomic E-state index is 13.2. The lowest BCUT2D eigenvalue weighted by atomic mass is 10.1. The molecule has 1 fully saturated rings. The summed E-state index contributed by atoms with van der Waals surface area (Å²) in [4.78, 5) is 13.1. The van der Waals surface area contributed by atoms with Gasteiger partial charge in [-0.15, -0.1) is 0 Å². The molecule has 1 rings (SSSR count). The predicted molar refractivity (Wildman–Crippen MR) is 51.5 cm³/mol.